The van der Waals surface area contributed by atoms with Crippen molar-refractivity contribution in [2.45, 2.75) is 69.5 Å². The number of hydrogen-bond donors (Lipinski definition) is 2. The van der Waals surface area contributed by atoms with Crippen LogP contribution in [-0.2, 0) is 4.79 Å². The monoisotopic (exact) mass is 555 g/mol. The minimum atomic E-state index is -2.65. The Labute approximate surface area is 229 Å². The number of benzene rings is 1. The van der Waals surface area contributed by atoms with Gasteiger partial charge in [-0.05, 0) is 62.1 Å². The number of rotatable bonds is 8. The Morgan fingerprint density at radius 3 is 2.56 bits per heavy atom. The number of hydrogen-bond acceptors (Lipinski definition) is 5. The molecule has 1 aromatic carbocycles. The van der Waals surface area contributed by atoms with E-state index in [-0.39, 0.29) is 45.6 Å². The maximum Gasteiger partial charge on any atom is 0.272 e. The number of thiophene rings is 1. The highest BCUT2D eigenvalue weighted by molar-refractivity contribution is 7.14. The summed E-state index contributed by atoms with van der Waals surface area (Å²) in [6.45, 7) is 3.48. The molecule has 0 radical (unpaired) electrons. The van der Waals surface area contributed by atoms with Crippen LogP contribution in [0.3, 0.4) is 0 Å². The van der Waals surface area contributed by atoms with Gasteiger partial charge >= 0.3 is 0 Å². The number of anilines is 1. The molecule has 2 fully saturated rings. The summed E-state index contributed by atoms with van der Waals surface area (Å²) in [7, 11) is 1.84. The number of fused-ring (bicyclic) bond motifs is 1. The lowest BCUT2D eigenvalue weighted by Gasteiger charge is -2.37. The van der Waals surface area contributed by atoms with Crippen LogP contribution in [0.15, 0.2) is 43.0 Å². The van der Waals surface area contributed by atoms with Crippen LogP contribution in [0.25, 0.3) is 11.0 Å². The number of amides is 3. The summed E-state index contributed by atoms with van der Waals surface area (Å²) in [4.78, 5) is 44.4. The fourth-order valence-electron chi connectivity index (χ4n) is 5.46. The molecule has 2 aromatic heterocycles. The zero-order valence-electron chi connectivity index (χ0n) is 21.7. The summed E-state index contributed by atoms with van der Waals surface area (Å²) < 4.78 is 28.0. The molecule has 0 spiro atoms. The van der Waals surface area contributed by atoms with E-state index in [2.05, 4.69) is 22.2 Å². The molecule has 5 rings (SSSR count). The molecular formula is C28H31F2N5O3S. The smallest absolute Gasteiger partial charge is 0.272 e. The van der Waals surface area contributed by atoms with E-state index in [1.165, 1.54) is 24.6 Å². The van der Waals surface area contributed by atoms with Gasteiger partial charge in [0.1, 0.15) is 0 Å². The topological polar surface area (TPSA) is 96.3 Å². The van der Waals surface area contributed by atoms with Crippen molar-refractivity contribution in [1.82, 2.24) is 19.8 Å². The maximum absolute atomic E-state index is 13.3. The van der Waals surface area contributed by atoms with Crippen LogP contribution >= 0.6 is 11.3 Å². The van der Waals surface area contributed by atoms with E-state index in [0.717, 1.165) is 42.5 Å². The third kappa shape index (κ3) is 5.59. The van der Waals surface area contributed by atoms with Gasteiger partial charge in [0.05, 0.1) is 20.8 Å². The molecule has 0 bridgehead atoms. The van der Waals surface area contributed by atoms with Gasteiger partial charge < -0.3 is 14.8 Å². The molecule has 2 heterocycles. The number of halogens is 2. The molecule has 2 aliphatic rings. The fraction of sp³-hybridized carbons (Fsp3) is 0.429. The average Bonchev–Trinajstić information content (AvgIpc) is 3.55. The molecule has 11 heteroatoms. The van der Waals surface area contributed by atoms with Gasteiger partial charge in [-0.1, -0.05) is 25.8 Å². The lowest BCUT2D eigenvalue weighted by molar-refractivity contribution is -0.117. The van der Waals surface area contributed by atoms with Gasteiger partial charge in [-0.25, -0.2) is 13.8 Å². The SMILES string of the molecule is C=CC(=O)N[C@H]1C[C@@H](n2c(NC(=O)c3ccc(C(F)F)s3)nc3cc(C(=O)N(C)C4CCCCC4)ccc32)C1. The van der Waals surface area contributed by atoms with E-state index in [4.69, 9.17) is 0 Å². The number of nitrogens with zero attached hydrogens (tertiary/aromatic N) is 3. The number of imidazole rings is 1. The zero-order chi connectivity index (χ0) is 27.7. The number of alkyl halides is 2. The van der Waals surface area contributed by atoms with Crippen molar-refractivity contribution in [2.24, 2.45) is 0 Å². The summed E-state index contributed by atoms with van der Waals surface area (Å²) in [5, 5.41) is 5.66. The van der Waals surface area contributed by atoms with Gasteiger partial charge in [-0.3, -0.25) is 19.7 Å². The van der Waals surface area contributed by atoms with Gasteiger partial charge in [-0.2, -0.15) is 0 Å². The van der Waals surface area contributed by atoms with E-state index in [1.807, 2.05) is 22.6 Å². The van der Waals surface area contributed by atoms with E-state index in [1.54, 1.807) is 12.1 Å². The number of aromatic nitrogens is 2. The Kier molecular flexibility index (Phi) is 7.79. The minimum absolute atomic E-state index is 0.0441. The second-order valence-electron chi connectivity index (χ2n) is 10.2. The molecule has 206 valence electrons. The average molecular weight is 556 g/mol. The molecule has 2 aliphatic carbocycles. The Morgan fingerprint density at radius 1 is 1.15 bits per heavy atom. The Balaban J connectivity index is 1.43. The molecule has 2 N–H and O–H groups in total. The number of carbonyl (C=O) groups excluding carboxylic acids is 3. The summed E-state index contributed by atoms with van der Waals surface area (Å²) in [5.41, 5.74) is 1.80. The molecule has 3 amide bonds. The molecule has 39 heavy (non-hydrogen) atoms. The lowest BCUT2D eigenvalue weighted by Crippen LogP contribution is -2.44. The summed E-state index contributed by atoms with van der Waals surface area (Å²) in [5.74, 6) is -0.587. The summed E-state index contributed by atoms with van der Waals surface area (Å²) in [6, 6.07) is 8.07. The largest absolute Gasteiger partial charge is 0.350 e. The molecule has 3 aromatic rings. The Hall–Kier alpha value is -3.60. The first-order chi connectivity index (χ1) is 18.7. The van der Waals surface area contributed by atoms with Crippen LogP contribution in [0.1, 0.15) is 82.3 Å². The fourth-order valence-corrected chi connectivity index (χ4v) is 6.22. The predicted molar refractivity (Wildman–Crippen MR) is 146 cm³/mol. The Bertz CT molecular complexity index is 1410. The lowest BCUT2D eigenvalue weighted by atomic mass is 9.86. The summed E-state index contributed by atoms with van der Waals surface area (Å²) in [6.07, 6.45) is 5.24. The minimum Gasteiger partial charge on any atom is -0.350 e. The van der Waals surface area contributed by atoms with Crippen LogP contribution in [0.4, 0.5) is 14.7 Å². The van der Waals surface area contributed by atoms with Crippen molar-refractivity contribution in [2.75, 3.05) is 12.4 Å². The molecule has 0 aliphatic heterocycles. The van der Waals surface area contributed by atoms with Gasteiger partial charge in [-0.15, -0.1) is 11.3 Å². The van der Waals surface area contributed by atoms with Crippen LogP contribution in [-0.4, -0.2) is 51.3 Å². The van der Waals surface area contributed by atoms with Gasteiger partial charge in [0, 0.05) is 30.7 Å². The highest BCUT2D eigenvalue weighted by atomic mass is 32.1. The van der Waals surface area contributed by atoms with Gasteiger partial charge in [0.2, 0.25) is 11.9 Å². The highest BCUT2D eigenvalue weighted by Crippen LogP contribution is 2.38. The number of nitrogens with one attached hydrogen (secondary N) is 2. The van der Waals surface area contributed by atoms with Crippen molar-refractivity contribution in [3.8, 4) is 0 Å². The van der Waals surface area contributed by atoms with Crippen LogP contribution in [0.2, 0.25) is 0 Å². The van der Waals surface area contributed by atoms with Crippen molar-refractivity contribution in [3.05, 3.63) is 58.3 Å². The van der Waals surface area contributed by atoms with Crippen LogP contribution in [0.5, 0.6) is 0 Å². The van der Waals surface area contributed by atoms with Gasteiger partial charge in [0.25, 0.3) is 18.2 Å². The van der Waals surface area contributed by atoms with E-state index in [9.17, 15) is 23.2 Å². The van der Waals surface area contributed by atoms with E-state index in [0.29, 0.717) is 23.9 Å². The van der Waals surface area contributed by atoms with Crippen molar-refractivity contribution >= 4 is 46.0 Å². The van der Waals surface area contributed by atoms with Crippen LogP contribution in [0, 0.1) is 0 Å². The van der Waals surface area contributed by atoms with E-state index >= 15 is 0 Å². The quantitative estimate of drug-likeness (QED) is 0.349. The van der Waals surface area contributed by atoms with Crippen molar-refractivity contribution in [3.63, 3.8) is 0 Å². The molecule has 2 saturated carbocycles. The van der Waals surface area contributed by atoms with Crippen LogP contribution < -0.4 is 10.6 Å². The third-order valence-corrected chi connectivity index (χ3v) is 8.77. The highest BCUT2D eigenvalue weighted by Gasteiger charge is 2.34. The second-order valence-corrected chi connectivity index (χ2v) is 11.3. The van der Waals surface area contributed by atoms with Crippen molar-refractivity contribution < 1.29 is 23.2 Å². The Morgan fingerprint density at radius 2 is 1.90 bits per heavy atom. The predicted octanol–water partition coefficient (Wildman–Crippen LogP) is 5.70. The molecule has 8 nitrogen and oxygen atoms in total. The maximum atomic E-state index is 13.3. The molecule has 0 saturated heterocycles. The normalized spacial score (nSPS) is 19.5. The number of carbonyl (C=O) groups is 3. The molecular weight excluding hydrogens is 524 g/mol. The zero-order valence-corrected chi connectivity index (χ0v) is 22.5. The first-order valence-electron chi connectivity index (χ1n) is 13.2. The third-order valence-electron chi connectivity index (χ3n) is 7.68. The molecule has 0 unspecified atom stereocenters. The molecule has 0 atom stereocenters. The van der Waals surface area contributed by atoms with Crippen molar-refractivity contribution in [1.29, 1.82) is 0 Å². The standard InChI is InChI=1S/C28H31F2N5O3S/c1-3-24(36)31-17-14-19(15-17)35-21-10-9-16(27(38)34(2)18-7-5-4-6-8-18)13-20(21)32-28(35)33-26(37)23-12-11-22(39-23)25(29)30/h3,9-13,17-19,25H,1,4-8,14-15H2,2H3,(H,31,36)(H,32,33,37)/t17-,19+. The first-order valence-corrected chi connectivity index (χ1v) is 14.0. The van der Waals surface area contributed by atoms with Gasteiger partial charge in [0.15, 0.2) is 0 Å². The second kappa shape index (κ2) is 11.3. The summed E-state index contributed by atoms with van der Waals surface area (Å²) >= 11 is 0.736. The first kappa shape index (κ1) is 27.0. The van der Waals surface area contributed by atoms with E-state index < -0.39 is 12.3 Å².